The number of piperidine rings is 1. The lowest BCUT2D eigenvalue weighted by Gasteiger charge is -2.34. The van der Waals surface area contributed by atoms with Gasteiger partial charge < -0.3 is 5.32 Å². The molecule has 23 heavy (non-hydrogen) atoms. The van der Waals surface area contributed by atoms with Crippen LogP contribution in [0.5, 0.6) is 0 Å². The first kappa shape index (κ1) is 16.7. The molecule has 0 aliphatic carbocycles. The third-order valence-electron chi connectivity index (χ3n) is 4.83. The molecule has 1 saturated heterocycles. The smallest absolute Gasteiger partial charge is 0.0740 e. The highest BCUT2D eigenvalue weighted by Gasteiger charge is 2.22. The fraction of sp³-hybridized carbons (Fsp3) is 0.526. The molecule has 0 radical (unpaired) electrons. The average Bonchev–Trinajstić information content (AvgIpc) is 2.60. The van der Waals surface area contributed by atoms with Gasteiger partial charge in [0.1, 0.15) is 0 Å². The molecule has 1 fully saturated rings. The Bertz CT molecular complexity index is 665. The minimum Gasteiger partial charge on any atom is -0.317 e. The Morgan fingerprint density at radius 1 is 1.26 bits per heavy atom. The van der Waals surface area contributed by atoms with Gasteiger partial charge >= 0.3 is 0 Å². The quantitative estimate of drug-likeness (QED) is 0.891. The number of pyridine rings is 1. The zero-order valence-corrected chi connectivity index (χ0v) is 14.9. The first-order valence-electron chi connectivity index (χ1n) is 8.69. The van der Waals surface area contributed by atoms with Crippen molar-refractivity contribution in [1.82, 2.24) is 15.2 Å². The summed E-state index contributed by atoms with van der Waals surface area (Å²) in [5.74, 6) is 0. The van der Waals surface area contributed by atoms with E-state index in [1.807, 2.05) is 12.1 Å². The van der Waals surface area contributed by atoms with Gasteiger partial charge in [-0.1, -0.05) is 36.7 Å². The predicted molar refractivity (Wildman–Crippen MR) is 98.1 cm³/mol. The second-order valence-corrected chi connectivity index (χ2v) is 6.84. The third kappa shape index (κ3) is 3.68. The standard InChI is InChI=1S/C19H26ClN3/c1-3-12-23(15-8-10-21-11-9-15)13-18-19(20)14(2)16-6-4-5-7-17(16)22-18/h4-7,15,21H,3,8-13H2,1-2H3. The summed E-state index contributed by atoms with van der Waals surface area (Å²) in [5.41, 5.74) is 3.22. The summed E-state index contributed by atoms with van der Waals surface area (Å²) in [6.45, 7) is 8.53. The number of fused-ring (bicyclic) bond motifs is 1. The van der Waals surface area contributed by atoms with Crippen LogP contribution in [0.25, 0.3) is 10.9 Å². The number of halogens is 1. The number of benzene rings is 1. The molecule has 2 aromatic rings. The summed E-state index contributed by atoms with van der Waals surface area (Å²) in [7, 11) is 0. The summed E-state index contributed by atoms with van der Waals surface area (Å²) in [4.78, 5) is 7.44. The van der Waals surface area contributed by atoms with Gasteiger partial charge in [0, 0.05) is 18.0 Å². The first-order chi connectivity index (χ1) is 11.2. The van der Waals surface area contributed by atoms with Crippen LogP contribution in [0.4, 0.5) is 0 Å². The molecule has 1 aliphatic heterocycles. The fourth-order valence-corrected chi connectivity index (χ4v) is 3.77. The second-order valence-electron chi connectivity index (χ2n) is 6.47. The van der Waals surface area contributed by atoms with Crippen molar-refractivity contribution in [2.45, 2.75) is 45.7 Å². The molecule has 0 amide bonds. The van der Waals surface area contributed by atoms with E-state index in [1.54, 1.807) is 0 Å². The van der Waals surface area contributed by atoms with E-state index in [1.165, 1.54) is 12.8 Å². The third-order valence-corrected chi connectivity index (χ3v) is 5.34. The molecule has 3 rings (SSSR count). The predicted octanol–water partition coefficient (Wildman–Crippen LogP) is 4.16. The lowest BCUT2D eigenvalue weighted by atomic mass is 10.0. The van der Waals surface area contributed by atoms with Crippen molar-refractivity contribution >= 4 is 22.5 Å². The minimum atomic E-state index is 0.640. The van der Waals surface area contributed by atoms with E-state index in [0.717, 1.165) is 59.8 Å². The fourth-order valence-electron chi connectivity index (χ4n) is 3.56. The average molecular weight is 332 g/mol. The number of hydrogen-bond donors (Lipinski definition) is 1. The molecule has 124 valence electrons. The van der Waals surface area contributed by atoms with Gasteiger partial charge in [0.25, 0.3) is 0 Å². The van der Waals surface area contributed by atoms with E-state index < -0.39 is 0 Å². The van der Waals surface area contributed by atoms with Crippen LogP contribution < -0.4 is 5.32 Å². The molecule has 1 N–H and O–H groups in total. The molecule has 1 aliphatic rings. The van der Waals surface area contributed by atoms with Crippen LogP contribution in [0, 0.1) is 6.92 Å². The molecular weight excluding hydrogens is 306 g/mol. The molecule has 0 unspecified atom stereocenters. The van der Waals surface area contributed by atoms with Crippen molar-refractivity contribution in [3.8, 4) is 0 Å². The van der Waals surface area contributed by atoms with E-state index in [-0.39, 0.29) is 0 Å². The Kier molecular flexibility index (Phi) is 5.52. The van der Waals surface area contributed by atoms with E-state index in [2.05, 4.69) is 36.2 Å². The van der Waals surface area contributed by atoms with Gasteiger partial charge in [-0.25, -0.2) is 4.98 Å². The largest absolute Gasteiger partial charge is 0.317 e. The lowest BCUT2D eigenvalue weighted by Crippen LogP contribution is -2.43. The van der Waals surface area contributed by atoms with Crippen LogP contribution in [0.1, 0.15) is 37.4 Å². The Morgan fingerprint density at radius 3 is 2.74 bits per heavy atom. The first-order valence-corrected chi connectivity index (χ1v) is 9.07. The van der Waals surface area contributed by atoms with Crippen molar-refractivity contribution in [3.63, 3.8) is 0 Å². The van der Waals surface area contributed by atoms with Crippen LogP contribution in [-0.4, -0.2) is 35.6 Å². The van der Waals surface area contributed by atoms with Crippen molar-refractivity contribution in [2.24, 2.45) is 0 Å². The molecule has 3 nitrogen and oxygen atoms in total. The van der Waals surface area contributed by atoms with Crippen LogP contribution in [0.2, 0.25) is 5.02 Å². The van der Waals surface area contributed by atoms with E-state index in [0.29, 0.717) is 6.04 Å². The maximum Gasteiger partial charge on any atom is 0.0740 e. The maximum absolute atomic E-state index is 6.65. The maximum atomic E-state index is 6.65. The van der Waals surface area contributed by atoms with Gasteiger partial charge in [-0.15, -0.1) is 0 Å². The molecule has 2 heterocycles. The zero-order chi connectivity index (χ0) is 16.2. The van der Waals surface area contributed by atoms with Crippen LogP contribution in [-0.2, 0) is 6.54 Å². The van der Waals surface area contributed by atoms with Gasteiger partial charge in [-0.3, -0.25) is 4.90 Å². The van der Waals surface area contributed by atoms with E-state index in [9.17, 15) is 0 Å². The Labute approximate surface area is 144 Å². The van der Waals surface area contributed by atoms with Crippen molar-refractivity contribution < 1.29 is 0 Å². The van der Waals surface area contributed by atoms with E-state index in [4.69, 9.17) is 16.6 Å². The summed E-state index contributed by atoms with van der Waals surface area (Å²) in [5, 5.41) is 5.44. The Balaban J connectivity index is 1.90. The molecule has 1 aromatic heterocycles. The SMILES string of the molecule is CCCN(Cc1nc2ccccc2c(C)c1Cl)C1CCNCC1. The highest BCUT2D eigenvalue weighted by atomic mass is 35.5. The molecule has 0 saturated carbocycles. The number of nitrogens with one attached hydrogen (secondary N) is 1. The molecule has 0 bridgehead atoms. The molecular formula is C19H26ClN3. The molecule has 1 aromatic carbocycles. The van der Waals surface area contributed by atoms with Gasteiger partial charge in [-0.2, -0.15) is 0 Å². The zero-order valence-electron chi connectivity index (χ0n) is 14.1. The summed E-state index contributed by atoms with van der Waals surface area (Å²) in [6, 6.07) is 8.91. The number of para-hydroxylation sites is 1. The summed E-state index contributed by atoms with van der Waals surface area (Å²) < 4.78 is 0. The normalized spacial score (nSPS) is 16.3. The Hall–Kier alpha value is -1.16. The molecule has 4 heteroatoms. The number of hydrogen-bond acceptors (Lipinski definition) is 3. The van der Waals surface area contributed by atoms with Crippen LogP contribution in [0.15, 0.2) is 24.3 Å². The second kappa shape index (κ2) is 7.61. The lowest BCUT2D eigenvalue weighted by molar-refractivity contribution is 0.152. The monoisotopic (exact) mass is 331 g/mol. The van der Waals surface area contributed by atoms with Crippen molar-refractivity contribution in [2.75, 3.05) is 19.6 Å². The summed E-state index contributed by atoms with van der Waals surface area (Å²) in [6.07, 6.45) is 3.59. The van der Waals surface area contributed by atoms with E-state index >= 15 is 0 Å². The highest BCUT2D eigenvalue weighted by molar-refractivity contribution is 6.32. The van der Waals surface area contributed by atoms with Crippen LogP contribution >= 0.6 is 11.6 Å². The minimum absolute atomic E-state index is 0.640. The van der Waals surface area contributed by atoms with Gasteiger partial charge in [0.05, 0.1) is 16.2 Å². The number of aryl methyl sites for hydroxylation is 1. The van der Waals surface area contributed by atoms with Gasteiger partial charge in [0.2, 0.25) is 0 Å². The van der Waals surface area contributed by atoms with Crippen LogP contribution in [0.3, 0.4) is 0 Å². The van der Waals surface area contributed by atoms with Gasteiger partial charge in [0.15, 0.2) is 0 Å². The molecule has 0 spiro atoms. The summed E-state index contributed by atoms with van der Waals surface area (Å²) >= 11 is 6.65. The topological polar surface area (TPSA) is 28.2 Å². The number of aromatic nitrogens is 1. The van der Waals surface area contributed by atoms with Crippen molar-refractivity contribution in [1.29, 1.82) is 0 Å². The number of rotatable bonds is 5. The highest BCUT2D eigenvalue weighted by Crippen LogP contribution is 2.28. The van der Waals surface area contributed by atoms with Gasteiger partial charge in [-0.05, 0) is 57.5 Å². The van der Waals surface area contributed by atoms with Crippen molar-refractivity contribution in [3.05, 3.63) is 40.5 Å². The molecule has 0 atom stereocenters. The number of nitrogens with zero attached hydrogens (tertiary/aromatic N) is 2. The Morgan fingerprint density at radius 2 is 2.00 bits per heavy atom.